The van der Waals surface area contributed by atoms with E-state index in [-0.39, 0.29) is 11.4 Å². The highest BCUT2D eigenvalue weighted by Gasteiger charge is 2.44. The van der Waals surface area contributed by atoms with Crippen LogP contribution in [0.25, 0.3) is 11.1 Å². The number of hydrogen-bond donors (Lipinski definition) is 0. The second kappa shape index (κ2) is 8.17. The highest BCUT2D eigenvalue weighted by Crippen LogP contribution is 2.47. The molecule has 0 radical (unpaired) electrons. The van der Waals surface area contributed by atoms with Crippen molar-refractivity contribution in [3.8, 4) is 5.75 Å². The number of amides is 1. The first-order valence-electron chi connectivity index (χ1n) is 10.9. The van der Waals surface area contributed by atoms with Crippen LogP contribution in [0, 0.1) is 6.92 Å². The van der Waals surface area contributed by atoms with Gasteiger partial charge in [-0.1, -0.05) is 0 Å². The third-order valence-corrected chi connectivity index (χ3v) is 8.31. The number of carbonyl (C=O) groups is 1. The number of halogens is 1. The van der Waals surface area contributed by atoms with Gasteiger partial charge >= 0.3 is 0 Å². The molecule has 4 heterocycles. The fraction of sp³-hybridized carbons (Fsp3) is 0.478. The third-order valence-electron chi connectivity index (χ3n) is 6.69. The molecule has 5 rings (SSSR count). The first kappa shape index (κ1) is 21.4. The Morgan fingerprint density at radius 3 is 2.62 bits per heavy atom. The van der Waals surface area contributed by atoms with Crippen LogP contribution in [-0.2, 0) is 0 Å². The van der Waals surface area contributed by atoms with Crippen molar-refractivity contribution < 1.29 is 13.9 Å². The largest absolute Gasteiger partial charge is 0.495 e. The number of hydrogen-bond acceptors (Lipinski definition) is 7. The van der Waals surface area contributed by atoms with Crippen LogP contribution in [0.2, 0.25) is 0 Å². The van der Waals surface area contributed by atoms with Gasteiger partial charge in [0.15, 0.2) is 5.82 Å². The van der Waals surface area contributed by atoms with E-state index in [0.717, 1.165) is 48.3 Å². The van der Waals surface area contributed by atoms with E-state index in [9.17, 15) is 4.79 Å². The minimum atomic E-state index is -0.0100. The molecular weight excluding hydrogens is 521 g/mol. The van der Waals surface area contributed by atoms with Gasteiger partial charge in [0, 0.05) is 30.2 Å². The number of likely N-dealkylation sites (tertiary alicyclic amines) is 1. The summed E-state index contributed by atoms with van der Waals surface area (Å²) in [6, 6.07) is 3.96. The van der Waals surface area contributed by atoms with Gasteiger partial charge in [0.2, 0.25) is 5.71 Å². The van der Waals surface area contributed by atoms with E-state index in [0.29, 0.717) is 36.0 Å². The maximum absolute atomic E-state index is 13.6. The van der Waals surface area contributed by atoms with Crippen LogP contribution in [0.5, 0.6) is 5.75 Å². The smallest absolute Gasteiger partial charge is 0.258 e. The van der Waals surface area contributed by atoms with Crippen LogP contribution < -0.4 is 7.85 Å². The number of anilines is 1. The molecule has 0 bridgehead atoms. The summed E-state index contributed by atoms with van der Waals surface area (Å²) in [4.78, 5) is 28.9. The van der Waals surface area contributed by atoms with Crippen molar-refractivity contribution >= 4 is 45.7 Å². The molecule has 168 valence electrons. The standard InChI is InChI=1S/C23H26IN5O3/c1-14-18(19-20(26-13-27-21(19)32-14)29(24)23(2)8-9-23)22(30)28-10-6-15(7-11-28)17-5-4-16(31-3)12-25-17/h4-5,12-13,15H,6-11H2,1-3H3. The molecule has 1 aliphatic carbocycles. The van der Waals surface area contributed by atoms with Gasteiger partial charge in [-0.25, -0.2) is 9.97 Å². The number of carbonyl (C=O) groups excluding carboxylic acids is 1. The number of nitrogens with zero attached hydrogens (tertiary/aromatic N) is 5. The molecule has 9 heteroatoms. The highest BCUT2D eigenvalue weighted by molar-refractivity contribution is 14.1. The lowest BCUT2D eigenvalue weighted by atomic mass is 9.92. The van der Waals surface area contributed by atoms with Crippen molar-refractivity contribution in [2.24, 2.45) is 0 Å². The number of furan rings is 1. The summed E-state index contributed by atoms with van der Waals surface area (Å²) in [7, 11) is 1.64. The molecule has 2 aliphatic rings. The minimum Gasteiger partial charge on any atom is -0.495 e. The molecule has 0 spiro atoms. The normalized spacial score (nSPS) is 18.1. The lowest BCUT2D eigenvalue weighted by Crippen LogP contribution is -2.38. The monoisotopic (exact) mass is 547 g/mol. The van der Waals surface area contributed by atoms with Gasteiger partial charge < -0.3 is 14.1 Å². The lowest BCUT2D eigenvalue weighted by Gasteiger charge is -2.32. The van der Waals surface area contributed by atoms with Crippen molar-refractivity contribution in [1.82, 2.24) is 19.9 Å². The lowest BCUT2D eigenvalue weighted by molar-refractivity contribution is 0.0712. The van der Waals surface area contributed by atoms with Gasteiger partial charge in [0.25, 0.3) is 5.91 Å². The van der Waals surface area contributed by atoms with Crippen molar-refractivity contribution in [1.29, 1.82) is 0 Å². The average Bonchev–Trinajstić information content (AvgIpc) is 3.48. The molecular formula is C23H26IN5O3. The number of piperidine rings is 1. The molecule has 0 N–H and O–H groups in total. The van der Waals surface area contributed by atoms with E-state index in [4.69, 9.17) is 9.15 Å². The summed E-state index contributed by atoms with van der Waals surface area (Å²) in [5.41, 5.74) is 2.18. The van der Waals surface area contributed by atoms with Gasteiger partial charge in [-0.3, -0.25) is 12.9 Å². The Balaban J connectivity index is 1.39. The van der Waals surface area contributed by atoms with Crippen LogP contribution in [0.1, 0.15) is 60.3 Å². The number of rotatable bonds is 5. The van der Waals surface area contributed by atoms with E-state index < -0.39 is 0 Å². The van der Waals surface area contributed by atoms with Crippen molar-refractivity contribution in [3.05, 3.63) is 41.7 Å². The van der Waals surface area contributed by atoms with Gasteiger partial charge in [0.05, 0.1) is 47.1 Å². The Kier molecular flexibility index (Phi) is 5.47. The third kappa shape index (κ3) is 3.70. The molecule has 0 atom stereocenters. The van der Waals surface area contributed by atoms with Gasteiger partial charge in [-0.05, 0) is 51.7 Å². The topological polar surface area (TPSA) is 84.6 Å². The zero-order chi connectivity index (χ0) is 22.5. The van der Waals surface area contributed by atoms with Crippen LogP contribution in [-0.4, -0.2) is 51.5 Å². The van der Waals surface area contributed by atoms with Crippen LogP contribution in [0.4, 0.5) is 5.82 Å². The summed E-state index contributed by atoms with van der Waals surface area (Å²) < 4.78 is 13.2. The van der Waals surface area contributed by atoms with Crippen molar-refractivity contribution in [3.63, 3.8) is 0 Å². The summed E-state index contributed by atoms with van der Waals surface area (Å²) in [5, 5.41) is 0.719. The molecule has 1 aliphatic heterocycles. The maximum Gasteiger partial charge on any atom is 0.258 e. The Bertz CT molecular complexity index is 1150. The molecule has 1 amide bonds. The summed E-state index contributed by atoms with van der Waals surface area (Å²) in [5.74, 6) is 2.44. The van der Waals surface area contributed by atoms with Crippen LogP contribution >= 0.6 is 22.9 Å². The van der Waals surface area contributed by atoms with Crippen molar-refractivity contribution in [2.75, 3.05) is 23.3 Å². The Hall–Kier alpha value is -2.43. The zero-order valence-electron chi connectivity index (χ0n) is 18.5. The fourth-order valence-corrected chi connectivity index (χ4v) is 5.21. The first-order valence-corrected chi connectivity index (χ1v) is 11.9. The molecule has 32 heavy (non-hydrogen) atoms. The maximum atomic E-state index is 13.6. The second-order valence-corrected chi connectivity index (χ2v) is 9.84. The van der Waals surface area contributed by atoms with Crippen molar-refractivity contribution in [2.45, 2.75) is 51.0 Å². The number of aromatic nitrogens is 3. The SMILES string of the molecule is COc1ccc(C2CCN(C(=O)c3c(C)oc4ncnc(N(I)C5(C)CC5)c34)CC2)nc1. The van der Waals surface area contributed by atoms with E-state index in [1.165, 1.54) is 6.33 Å². The predicted molar refractivity (Wildman–Crippen MR) is 129 cm³/mol. The minimum absolute atomic E-state index is 0.0100. The number of methoxy groups -OCH3 is 1. The summed E-state index contributed by atoms with van der Waals surface area (Å²) >= 11 is 2.30. The number of ether oxygens (including phenoxy) is 1. The molecule has 3 aromatic heterocycles. The van der Waals surface area contributed by atoms with E-state index in [1.807, 2.05) is 24.0 Å². The van der Waals surface area contributed by atoms with E-state index in [1.54, 1.807) is 13.3 Å². The molecule has 0 unspecified atom stereocenters. The van der Waals surface area contributed by atoms with Crippen LogP contribution in [0.15, 0.2) is 29.1 Å². The molecule has 2 fully saturated rings. The molecule has 1 saturated heterocycles. The zero-order valence-corrected chi connectivity index (χ0v) is 20.6. The Labute approximate surface area is 200 Å². The Morgan fingerprint density at radius 1 is 1.25 bits per heavy atom. The first-order chi connectivity index (χ1) is 15.4. The molecule has 8 nitrogen and oxygen atoms in total. The molecule has 0 aromatic carbocycles. The molecule has 1 saturated carbocycles. The van der Waals surface area contributed by atoms with Gasteiger partial charge in [-0.15, -0.1) is 0 Å². The Morgan fingerprint density at radius 2 is 2.00 bits per heavy atom. The van der Waals surface area contributed by atoms with E-state index in [2.05, 4.69) is 47.9 Å². The highest BCUT2D eigenvalue weighted by atomic mass is 127. The number of fused-ring (bicyclic) bond motifs is 1. The van der Waals surface area contributed by atoms with E-state index >= 15 is 0 Å². The van der Waals surface area contributed by atoms with Gasteiger partial charge in [-0.2, -0.15) is 0 Å². The fourth-order valence-electron chi connectivity index (χ4n) is 4.36. The summed E-state index contributed by atoms with van der Waals surface area (Å²) in [6.07, 6.45) is 7.23. The number of aryl methyl sites for hydroxylation is 1. The van der Waals surface area contributed by atoms with Crippen LogP contribution in [0.3, 0.4) is 0 Å². The quantitative estimate of drug-likeness (QED) is 0.339. The average molecular weight is 547 g/mol. The predicted octanol–water partition coefficient (Wildman–Crippen LogP) is 4.66. The molecule has 3 aromatic rings. The summed E-state index contributed by atoms with van der Waals surface area (Å²) in [6.45, 7) is 5.40. The number of pyridine rings is 1. The van der Waals surface area contributed by atoms with Gasteiger partial charge in [0.1, 0.15) is 17.8 Å². The second-order valence-electron chi connectivity index (χ2n) is 8.88.